The summed E-state index contributed by atoms with van der Waals surface area (Å²) in [6.07, 6.45) is -1.00. The van der Waals surface area contributed by atoms with Gasteiger partial charge < -0.3 is 9.30 Å². The van der Waals surface area contributed by atoms with Crippen LogP contribution in [0, 0.1) is 0 Å². The third-order valence-electron chi connectivity index (χ3n) is 3.78. The summed E-state index contributed by atoms with van der Waals surface area (Å²) >= 11 is 1.57. The van der Waals surface area contributed by atoms with E-state index in [4.69, 9.17) is 4.74 Å². The molecule has 0 unspecified atom stereocenters. The van der Waals surface area contributed by atoms with Crippen molar-refractivity contribution in [3.63, 3.8) is 0 Å². The van der Waals surface area contributed by atoms with E-state index in [0.29, 0.717) is 23.5 Å². The van der Waals surface area contributed by atoms with Crippen molar-refractivity contribution < 1.29 is 17.9 Å². The third kappa shape index (κ3) is 3.64. The molecule has 4 nitrogen and oxygen atoms in total. The van der Waals surface area contributed by atoms with E-state index in [-0.39, 0.29) is 0 Å². The van der Waals surface area contributed by atoms with Gasteiger partial charge in [0.1, 0.15) is 5.82 Å². The van der Waals surface area contributed by atoms with E-state index >= 15 is 0 Å². The average Bonchev–Trinajstić information content (AvgIpc) is 2.91. The molecule has 0 aliphatic heterocycles. The lowest BCUT2D eigenvalue weighted by molar-refractivity contribution is -0.137. The van der Waals surface area contributed by atoms with Crippen LogP contribution in [0.15, 0.2) is 41.6 Å². The molecule has 0 bridgehead atoms. The van der Waals surface area contributed by atoms with Gasteiger partial charge in [0.25, 0.3) is 0 Å². The van der Waals surface area contributed by atoms with Gasteiger partial charge in [-0.15, -0.1) is 11.8 Å². The van der Waals surface area contributed by atoms with E-state index in [0.717, 1.165) is 28.3 Å². The number of hydrogen-bond acceptors (Lipinski definition) is 4. The standard InChI is InChI=1S/C17H16F3N3OS/c1-23-14-4-3-11(17(18,19)20)9-13(14)22-16(23)12-5-6-21-10-15(12)25-8-7-24-2/h3-6,9-10H,7-8H2,1-2H3. The van der Waals surface area contributed by atoms with Gasteiger partial charge in [-0.1, -0.05) is 0 Å². The zero-order valence-electron chi connectivity index (χ0n) is 13.7. The predicted molar refractivity (Wildman–Crippen MR) is 91.5 cm³/mol. The first-order valence-corrected chi connectivity index (χ1v) is 8.50. The molecule has 0 saturated heterocycles. The van der Waals surface area contributed by atoms with Crippen molar-refractivity contribution in [1.29, 1.82) is 0 Å². The highest BCUT2D eigenvalue weighted by Gasteiger charge is 2.31. The Balaban J connectivity index is 2.06. The van der Waals surface area contributed by atoms with E-state index < -0.39 is 11.7 Å². The highest BCUT2D eigenvalue weighted by atomic mass is 32.2. The van der Waals surface area contributed by atoms with E-state index in [1.54, 1.807) is 42.9 Å². The number of ether oxygens (including phenoxy) is 1. The summed E-state index contributed by atoms with van der Waals surface area (Å²) in [7, 11) is 3.43. The Morgan fingerprint density at radius 1 is 1.24 bits per heavy atom. The maximum absolute atomic E-state index is 12.9. The van der Waals surface area contributed by atoms with Crippen molar-refractivity contribution in [3.05, 3.63) is 42.2 Å². The number of halogens is 3. The van der Waals surface area contributed by atoms with E-state index in [9.17, 15) is 13.2 Å². The smallest absolute Gasteiger partial charge is 0.384 e. The largest absolute Gasteiger partial charge is 0.416 e. The number of imidazole rings is 1. The molecular formula is C17H16F3N3OS. The van der Waals surface area contributed by atoms with Crippen molar-refractivity contribution >= 4 is 22.8 Å². The number of thioether (sulfide) groups is 1. The average molecular weight is 367 g/mol. The fraction of sp³-hybridized carbons (Fsp3) is 0.294. The molecule has 2 aromatic heterocycles. The molecule has 0 spiro atoms. The maximum Gasteiger partial charge on any atom is 0.416 e. The van der Waals surface area contributed by atoms with Crippen LogP contribution in [0.25, 0.3) is 22.4 Å². The minimum absolute atomic E-state index is 0.317. The number of aromatic nitrogens is 3. The van der Waals surface area contributed by atoms with Crippen LogP contribution >= 0.6 is 11.8 Å². The van der Waals surface area contributed by atoms with Gasteiger partial charge in [0.2, 0.25) is 0 Å². The molecular weight excluding hydrogens is 351 g/mol. The molecule has 0 aliphatic carbocycles. The zero-order valence-corrected chi connectivity index (χ0v) is 14.5. The number of hydrogen-bond donors (Lipinski definition) is 0. The summed E-state index contributed by atoms with van der Waals surface area (Å²) in [5, 5.41) is 0. The highest BCUT2D eigenvalue weighted by molar-refractivity contribution is 7.99. The minimum Gasteiger partial charge on any atom is -0.384 e. The van der Waals surface area contributed by atoms with Crippen LogP contribution < -0.4 is 0 Å². The lowest BCUT2D eigenvalue weighted by Crippen LogP contribution is -2.04. The van der Waals surface area contributed by atoms with Gasteiger partial charge in [-0.2, -0.15) is 13.2 Å². The Kier molecular flexibility index (Phi) is 5.01. The first-order chi connectivity index (χ1) is 11.9. The normalized spacial score (nSPS) is 12.0. The van der Waals surface area contributed by atoms with E-state index in [1.165, 1.54) is 6.07 Å². The fourth-order valence-corrected chi connectivity index (χ4v) is 3.45. The van der Waals surface area contributed by atoms with Gasteiger partial charge in [0, 0.05) is 42.8 Å². The summed E-state index contributed by atoms with van der Waals surface area (Å²) < 4.78 is 45.6. The lowest BCUT2D eigenvalue weighted by Gasteiger charge is -2.08. The van der Waals surface area contributed by atoms with Crippen LogP contribution in [0.3, 0.4) is 0 Å². The molecule has 0 fully saturated rings. The van der Waals surface area contributed by atoms with E-state index in [2.05, 4.69) is 9.97 Å². The van der Waals surface area contributed by atoms with Gasteiger partial charge in [0.15, 0.2) is 0 Å². The number of aryl methyl sites for hydroxylation is 1. The number of methoxy groups -OCH3 is 1. The third-order valence-corrected chi connectivity index (χ3v) is 4.79. The molecule has 2 heterocycles. The summed E-state index contributed by atoms with van der Waals surface area (Å²) in [5.74, 6) is 1.36. The molecule has 0 atom stereocenters. The quantitative estimate of drug-likeness (QED) is 0.495. The topological polar surface area (TPSA) is 39.9 Å². The Hall–Kier alpha value is -2.06. The summed E-state index contributed by atoms with van der Waals surface area (Å²) in [4.78, 5) is 9.48. The van der Waals surface area contributed by atoms with Crippen LogP contribution in [0.5, 0.6) is 0 Å². The van der Waals surface area contributed by atoms with Crippen molar-refractivity contribution in [2.45, 2.75) is 11.1 Å². The van der Waals surface area contributed by atoms with Crippen LogP contribution in [0.1, 0.15) is 5.56 Å². The van der Waals surface area contributed by atoms with Crippen LogP contribution in [0.4, 0.5) is 13.2 Å². The van der Waals surface area contributed by atoms with Gasteiger partial charge in [-0.05, 0) is 24.3 Å². The first-order valence-electron chi connectivity index (χ1n) is 7.51. The summed E-state index contributed by atoms with van der Waals surface area (Å²) in [6.45, 7) is 0.594. The number of pyridine rings is 1. The maximum atomic E-state index is 12.9. The number of alkyl halides is 3. The van der Waals surface area contributed by atoms with Gasteiger partial charge in [-0.3, -0.25) is 4.98 Å². The second-order valence-corrected chi connectivity index (χ2v) is 6.55. The lowest BCUT2D eigenvalue weighted by atomic mass is 10.2. The fourth-order valence-electron chi connectivity index (χ4n) is 2.53. The Bertz CT molecular complexity index is 892. The van der Waals surface area contributed by atoms with Crippen LogP contribution in [-0.2, 0) is 18.0 Å². The molecule has 3 aromatic rings. The number of fused-ring (bicyclic) bond motifs is 1. The van der Waals surface area contributed by atoms with Gasteiger partial charge in [0.05, 0.1) is 23.2 Å². The number of nitrogens with zero attached hydrogens (tertiary/aromatic N) is 3. The number of rotatable bonds is 5. The molecule has 8 heteroatoms. The van der Waals surface area contributed by atoms with Crippen LogP contribution in [0.2, 0.25) is 0 Å². The SMILES string of the molecule is COCCSc1cnccc1-c1nc2cc(C(F)(F)F)ccc2n1C. The van der Waals surface area contributed by atoms with Crippen molar-refractivity contribution in [2.75, 3.05) is 19.5 Å². The van der Waals surface area contributed by atoms with Crippen molar-refractivity contribution in [1.82, 2.24) is 14.5 Å². The predicted octanol–water partition coefficient (Wildman–Crippen LogP) is 4.39. The molecule has 1 aromatic carbocycles. The Morgan fingerprint density at radius 3 is 2.76 bits per heavy atom. The zero-order chi connectivity index (χ0) is 18.0. The van der Waals surface area contributed by atoms with E-state index in [1.807, 2.05) is 6.07 Å². The van der Waals surface area contributed by atoms with Crippen molar-refractivity contribution in [3.8, 4) is 11.4 Å². The summed E-state index contributed by atoms with van der Waals surface area (Å²) in [5.41, 5.74) is 1.10. The second kappa shape index (κ2) is 7.05. The highest BCUT2D eigenvalue weighted by Crippen LogP contribution is 2.34. The monoisotopic (exact) mass is 367 g/mol. The van der Waals surface area contributed by atoms with Crippen LogP contribution in [-0.4, -0.2) is 34.0 Å². The molecule has 25 heavy (non-hydrogen) atoms. The minimum atomic E-state index is -4.39. The first kappa shape index (κ1) is 17.8. The molecule has 3 rings (SSSR count). The second-order valence-electron chi connectivity index (χ2n) is 5.41. The summed E-state index contributed by atoms with van der Waals surface area (Å²) in [6, 6.07) is 5.43. The Morgan fingerprint density at radius 2 is 2.04 bits per heavy atom. The molecule has 0 aliphatic rings. The molecule has 0 N–H and O–H groups in total. The molecule has 0 amide bonds. The molecule has 132 valence electrons. The Labute approximate surface area is 147 Å². The number of benzene rings is 1. The molecule has 0 saturated carbocycles. The van der Waals surface area contributed by atoms with Gasteiger partial charge >= 0.3 is 6.18 Å². The van der Waals surface area contributed by atoms with Gasteiger partial charge in [-0.25, -0.2) is 4.98 Å². The molecule has 0 radical (unpaired) electrons. The van der Waals surface area contributed by atoms with Crippen molar-refractivity contribution in [2.24, 2.45) is 7.05 Å².